The Kier molecular flexibility index (Phi) is 6.00. The molecule has 0 aliphatic rings. The lowest BCUT2D eigenvalue weighted by atomic mass is 10.1. The summed E-state index contributed by atoms with van der Waals surface area (Å²) in [6.45, 7) is 7.47. The maximum absolute atomic E-state index is 13.6. The summed E-state index contributed by atoms with van der Waals surface area (Å²) in [4.78, 5) is 12.2. The van der Waals surface area contributed by atoms with Crippen LogP contribution < -0.4 is 5.32 Å². The fourth-order valence-corrected chi connectivity index (χ4v) is 3.40. The summed E-state index contributed by atoms with van der Waals surface area (Å²) >= 11 is 0. The zero-order valence-corrected chi connectivity index (χ0v) is 17.3. The second-order valence-corrected chi connectivity index (χ2v) is 7.36. The molecule has 160 valence electrons. The number of hydrogen-bond acceptors (Lipinski definition) is 3. The van der Waals surface area contributed by atoms with Gasteiger partial charge in [-0.05, 0) is 57.5 Å². The van der Waals surface area contributed by atoms with Crippen LogP contribution in [0.4, 0.5) is 13.2 Å². The molecule has 0 bridgehead atoms. The average molecular weight is 419 g/mol. The van der Waals surface area contributed by atoms with E-state index >= 15 is 0 Å². The van der Waals surface area contributed by atoms with Gasteiger partial charge in [0, 0.05) is 30.9 Å². The topological polar surface area (TPSA) is 64.7 Å². The van der Waals surface area contributed by atoms with E-state index in [1.807, 2.05) is 19.9 Å². The van der Waals surface area contributed by atoms with Gasteiger partial charge in [0.05, 0.1) is 22.6 Å². The number of rotatable bonds is 6. The Morgan fingerprint density at radius 1 is 1.00 bits per heavy atom. The molecule has 3 rings (SSSR count). The Morgan fingerprint density at radius 2 is 1.67 bits per heavy atom. The maximum Gasteiger partial charge on any atom is 0.416 e. The standard InChI is InChI=1S/C21H24F3N5O/c1-13-9-15(3)28(26-13)8-7-20(30)25-12-17-5-6-18(11-19(17)21(22,23)24)29-16(4)10-14(2)27-29/h5-6,9-11H,7-8,12H2,1-4H3,(H,25,30). The van der Waals surface area contributed by atoms with Gasteiger partial charge < -0.3 is 5.32 Å². The second kappa shape index (κ2) is 8.33. The molecule has 1 aromatic carbocycles. The summed E-state index contributed by atoms with van der Waals surface area (Å²) < 4.78 is 44.1. The van der Waals surface area contributed by atoms with Crippen LogP contribution in [0.3, 0.4) is 0 Å². The monoisotopic (exact) mass is 419 g/mol. The van der Waals surface area contributed by atoms with E-state index in [2.05, 4.69) is 15.5 Å². The highest BCUT2D eigenvalue weighted by Crippen LogP contribution is 2.33. The lowest BCUT2D eigenvalue weighted by Crippen LogP contribution is -2.26. The van der Waals surface area contributed by atoms with Gasteiger partial charge in [-0.1, -0.05) is 6.07 Å². The van der Waals surface area contributed by atoms with Crippen molar-refractivity contribution < 1.29 is 18.0 Å². The number of carbonyl (C=O) groups excluding carboxylic acids is 1. The van der Waals surface area contributed by atoms with Crippen LogP contribution in [-0.2, 0) is 24.1 Å². The highest BCUT2D eigenvalue weighted by molar-refractivity contribution is 5.75. The summed E-state index contributed by atoms with van der Waals surface area (Å²) in [7, 11) is 0. The van der Waals surface area contributed by atoms with E-state index in [4.69, 9.17) is 0 Å². The van der Waals surface area contributed by atoms with E-state index in [1.165, 1.54) is 10.7 Å². The molecule has 0 radical (unpaired) electrons. The average Bonchev–Trinajstić information content (AvgIpc) is 3.17. The van der Waals surface area contributed by atoms with E-state index < -0.39 is 11.7 Å². The fraction of sp³-hybridized carbons (Fsp3) is 0.381. The van der Waals surface area contributed by atoms with Crippen molar-refractivity contribution in [3.63, 3.8) is 0 Å². The van der Waals surface area contributed by atoms with Gasteiger partial charge in [-0.3, -0.25) is 9.48 Å². The smallest absolute Gasteiger partial charge is 0.352 e. The molecular formula is C21H24F3N5O. The van der Waals surface area contributed by atoms with E-state index in [9.17, 15) is 18.0 Å². The molecule has 0 unspecified atom stereocenters. The van der Waals surface area contributed by atoms with Gasteiger partial charge in [-0.25, -0.2) is 4.68 Å². The Hall–Kier alpha value is -3.10. The van der Waals surface area contributed by atoms with Crippen molar-refractivity contribution in [2.75, 3.05) is 0 Å². The van der Waals surface area contributed by atoms with Gasteiger partial charge in [-0.2, -0.15) is 23.4 Å². The van der Waals surface area contributed by atoms with Crippen molar-refractivity contribution in [3.05, 3.63) is 64.2 Å². The number of nitrogens with zero attached hydrogens (tertiary/aromatic N) is 4. The summed E-state index contributed by atoms with van der Waals surface area (Å²) in [5, 5.41) is 11.1. The summed E-state index contributed by atoms with van der Waals surface area (Å²) in [5.74, 6) is -0.335. The summed E-state index contributed by atoms with van der Waals surface area (Å²) in [6.07, 6.45) is -4.41. The minimum Gasteiger partial charge on any atom is -0.352 e. The Morgan fingerprint density at radius 3 is 2.23 bits per heavy atom. The molecule has 2 heterocycles. The number of aryl methyl sites for hydroxylation is 5. The number of benzene rings is 1. The Balaban J connectivity index is 1.72. The highest BCUT2D eigenvalue weighted by atomic mass is 19.4. The van der Waals surface area contributed by atoms with Gasteiger partial charge in [0.25, 0.3) is 0 Å². The number of nitrogens with one attached hydrogen (secondary N) is 1. The normalized spacial score (nSPS) is 11.7. The van der Waals surface area contributed by atoms with Gasteiger partial charge in [0.2, 0.25) is 5.91 Å². The van der Waals surface area contributed by atoms with E-state index in [0.29, 0.717) is 12.2 Å². The van der Waals surface area contributed by atoms with Crippen LogP contribution in [0.25, 0.3) is 5.69 Å². The first-order chi connectivity index (χ1) is 14.0. The molecule has 0 aliphatic heterocycles. The maximum atomic E-state index is 13.6. The first kappa shape index (κ1) is 21.6. The molecule has 9 heteroatoms. The molecule has 0 fully saturated rings. The number of hydrogen-bond donors (Lipinski definition) is 1. The lowest BCUT2D eigenvalue weighted by molar-refractivity contribution is -0.138. The molecule has 0 spiro atoms. The Labute approximate surface area is 172 Å². The fourth-order valence-electron chi connectivity index (χ4n) is 3.40. The molecule has 1 N–H and O–H groups in total. The third kappa shape index (κ3) is 4.90. The largest absolute Gasteiger partial charge is 0.416 e. The zero-order valence-electron chi connectivity index (χ0n) is 17.3. The van der Waals surface area contributed by atoms with Crippen LogP contribution in [0.5, 0.6) is 0 Å². The minimum absolute atomic E-state index is 0.00671. The molecule has 1 amide bonds. The van der Waals surface area contributed by atoms with Gasteiger partial charge in [-0.15, -0.1) is 0 Å². The highest BCUT2D eigenvalue weighted by Gasteiger charge is 2.34. The second-order valence-electron chi connectivity index (χ2n) is 7.36. The van der Waals surface area contributed by atoms with Crippen LogP contribution in [0, 0.1) is 27.7 Å². The van der Waals surface area contributed by atoms with E-state index in [0.717, 1.165) is 28.8 Å². The third-order valence-corrected chi connectivity index (χ3v) is 4.78. The number of carbonyl (C=O) groups is 1. The number of aromatic nitrogens is 4. The van der Waals surface area contributed by atoms with Crippen LogP contribution in [0.15, 0.2) is 30.3 Å². The SMILES string of the molecule is Cc1cc(C)n(CCC(=O)NCc2ccc(-n3nc(C)cc3C)cc2C(F)(F)F)n1. The van der Waals surface area contributed by atoms with Gasteiger partial charge in [0.15, 0.2) is 0 Å². The van der Waals surface area contributed by atoms with E-state index in [1.54, 1.807) is 30.7 Å². The van der Waals surface area contributed by atoms with Crippen molar-refractivity contribution in [1.29, 1.82) is 0 Å². The van der Waals surface area contributed by atoms with Crippen molar-refractivity contribution in [3.8, 4) is 5.69 Å². The first-order valence-electron chi connectivity index (χ1n) is 9.56. The van der Waals surface area contributed by atoms with Crippen LogP contribution in [-0.4, -0.2) is 25.5 Å². The molecular weight excluding hydrogens is 395 g/mol. The number of alkyl halides is 3. The molecule has 0 aliphatic carbocycles. The molecule has 0 atom stereocenters. The van der Waals surface area contributed by atoms with E-state index in [-0.39, 0.29) is 24.4 Å². The Bertz CT molecular complexity index is 1070. The molecule has 0 saturated heterocycles. The molecule has 0 saturated carbocycles. The number of halogens is 3. The first-order valence-corrected chi connectivity index (χ1v) is 9.56. The zero-order chi connectivity index (χ0) is 22.1. The molecule has 30 heavy (non-hydrogen) atoms. The van der Waals surface area contributed by atoms with Crippen LogP contribution in [0.2, 0.25) is 0 Å². The lowest BCUT2D eigenvalue weighted by Gasteiger charge is -2.16. The quantitative estimate of drug-likeness (QED) is 0.656. The summed E-state index contributed by atoms with van der Waals surface area (Å²) in [6, 6.07) is 7.72. The van der Waals surface area contributed by atoms with Crippen LogP contribution in [0.1, 0.15) is 40.3 Å². The van der Waals surface area contributed by atoms with Gasteiger partial charge >= 0.3 is 6.18 Å². The molecule has 3 aromatic rings. The third-order valence-electron chi connectivity index (χ3n) is 4.78. The van der Waals surface area contributed by atoms with Crippen molar-refractivity contribution >= 4 is 5.91 Å². The van der Waals surface area contributed by atoms with Crippen LogP contribution >= 0.6 is 0 Å². The molecule has 2 aromatic heterocycles. The van der Waals surface area contributed by atoms with Crippen molar-refractivity contribution in [2.24, 2.45) is 0 Å². The predicted octanol–water partition coefficient (Wildman–Crippen LogP) is 4.03. The molecule has 6 nitrogen and oxygen atoms in total. The predicted molar refractivity (Wildman–Crippen MR) is 106 cm³/mol. The number of amides is 1. The van der Waals surface area contributed by atoms with Crippen molar-refractivity contribution in [1.82, 2.24) is 24.9 Å². The minimum atomic E-state index is -4.55. The van der Waals surface area contributed by atoms with Crippen molar-refractivity contribution in [2.45, 2.75) is 53.4 Å². The van der Waals surface area contributed by atoms with Gasteiger partial charge in [0.1, 0.15) is 0 Å². The summed E-state index contributed by atoms with van der Waals surface area (Å²) in [5.41, 5.74) is 2.79.